The van der Waals surface area contributed by atoms with Gasteiger partial charge in [0.15, 0.2) is 5.78 Å². The number of methoxy groups -OCH3 is 1. The fourth-order valence-corrected chi connectivity index (χ4v) is 3.54. The van der Waals surface area contributed by atoms with E-state index >= 15 is 0 Å². The summed E-state index contributed by atoms with van der Waals surface area (Å²) in [6, 6.07) is 11.4. The average Bonchev–Trinajstić information content (AvgIpc) is 2.77. The van der Waals surface area contributed by atoms with E-state index in [0.29, 0.717) is 35.7 Å². The number of likely N-dealkylation sites (N-methyl/N-ethyl adjacent to an activating group) is 1. The number of amides is 2. The third-order valence-corrected chi connectivity index (χ3v) is 5.47. The molecule has 0 N–H and O–H groups in total. The van der Waals surface area contributed by atoms with E-state index in [4.69, 9.17) is 4.74 Å². The van der Waals surface area contributed by atoms with Crippen molar-refractivity contribution in [2.75, 3.05) is 44.7 Å². The second kappa shape index (κ2) is 9.71. The van der Waals surface area contributed by atoms with Crippen molar-refractivity contribution in [1.82, 2.24) is 9.80 Å². The van der Waals surface area contributed by atoms with Gasteiger partial charge in [-0.15, -0.1) is 0 Å². The van der Waals surface area contributed by atoms with Crippen molar-refractivity contribution in [3.05, 3.63) is 59.4 Å². The Morgan fingerprint density at radius 1 is 1.10 bits per heavy atom. The van der Waals surface area contributed by atoms with E-state index in [2.05, 4.69) is 11.8 Å². The first-order valence-electron chi connectivity index (χ1n) is 10.1. The topological polar surface area (TPSA) is 53.1 Å². The number of rotatable bonds is 6. The molecule has 0 aliphatic carbocycles. The maximum absolute atomic E-state index is 14.7. The molecule has 0 unspecified atom stereocenters. The van der Waals surface area contributed by atoms with Gasteiger partial charge in [0.1, 0.15) is 11.6 Å². The minimum Gasteiger partial charge on any atom is -0.497 e. The van der Waals surface area contributed by atoms with Crippen LogP contribution in [-0.4, -0.2) is 61.4 Å². The summed E-state index contributed by atoms with van der Waals surface area (Å²) in [4.78, 5) is 30.6. The van der Waals surface area contributed by atoms with E-state index in [1.165, 1.54) is 13.0 Å². The van der Waals surface area contributed by atoms with Crippen LogP contribution in [0.1, 0.15) is 29.8 Å². The molecule has 0 bridgehead atoms. The first kappa shape index (κ1) is 21.8. The lowest BCUT2D eigenvalue weighted by Crippen LogP contribution is -2.52. The number of ether oxygens (including phenoxy) is 1. The van der Waals surface area contributed by atoms with Crippen molar-refractivity contribution in [3.8, 4) is 5.75 Å². The summed E-state index contributed by atoms with van der Waals surface area (Å²) in [6.45, 7) is 7.40. The SMILES string of the molecule is CCN1CCN(C(=O)N(Cc2ccc(C(C)=O)cc2F)c2cccc(OC)c2)CC1. The lowest BCUT2D eigenvalue weighted by molar-refractivity contribution is 0.101. The van der Waals surface area contributed by atoms with Gasteiger partial charge in [0.2, 0.25) is 0 Å². The predicted octanol–water partition coefficient (Wildman–Crippen LogP) is 3.80. The van der Waals surface area contributed by atoms with Gasteiger partial charge in [-0.05, 0) is 31.7 Å². The van der Waals surface area contributed by atoms with E-state index in [0.717, 1.165) is 19.6 Å². The van der Waals surface area contributed by atoms with Gasteiger partial charge in [-0.2, -0.15) is 0 Å². The highest BCUT2D eigenvalue weighted by Crippen LogP contribution is 2.25. The number of nitrogens with zero attached hydrogens (tertiary/aromatic N) is 3. The first-order chi connectivity index (χ1) is 14.4. The zero-order valence-electron chi connectivity index (χ0n) is 17.7. The number of anilines is 1. The number of hydrogen-bond donors (Lipinski definition) is 0. The number of Topliss-reactive ketones (excluding diaryl/α,β-unsaturated/α-hetero) is 1. The molecule has 1 saturated heterocycles. The standard InChI is InChI=1S/C23H28FN3O3/c1-4-25-10-12-26(13-11-25)23(29)27(20-6-5-7-21(15-20)30-3)16-19-9-8-18(17(2)28)14-22(19)24/h5-9,14-15H,4,10-13,16H2,1-3H3. The summed E-state index contributed by atoms with van der Waals surface area (Å²) in [5.74, 6) is -0.0809. The molecule has 160 valence electrons. The highest BCUT2D eigenvalue weighted by Gasteiger charge is 2.27. The molecule has 1 fully saturated rings. The van der Waals surface area contributed by atoms with E-state index in [1.807, 2.05) is 6.07 Å². The number of urea groups is 1. The lowest BCUT2D eigenvalue weighted by Gasteiger charge is -2.37. The fraction of sp³-hybridized carbons (Fsp3) is 0.391. The van der Waals surface area contributed by atoms with Gasteiger partial charge in [-0.25, -0.2) is 9.18 Å². The van der Waals surface area contributed by atoms with Gasteiger partial charge in [-0.3, -0.25) is 9.69 Å². The van der Waals surface area contributed by atoms with Gasteiger partial charge in [0, 0.05) is 49.1 Å². The van der Waals surface area contributed by atoms with Crippen molar-refractivity contribution >= 4 is 17.5 Å². The van der Waals surface area contributed by atoms with Gasteiger partial charge in [-0.1, -0.05) is 25.1 Å². The summed E-state index contributed by atoms with van der Waals surface area (Å²) in [5.41, 5.74) is 1.29. The molecule has 0 spiro atoms. The molecule has 1 aliphatic rings. The predicted molar refractivity (Wildman–Crippen MR) is 115 cm³/mol. The van der Waals surface area contributed by atoms with Crippen LogP contribution >= 0.6 is 0 Å². The molecule has 7 heteroatoms. The Hall–Kier alpha value is -2.93. The lowest BCUT2D eigenvalue weighted by atomic mass is 10.1. The Bertz CT molecular complexity index is 910. The maximum atomic E-state index is 14.7. The quantitative estimate of drug-likeness (QED) is 0.676. The van der Waals surface area contributed by atoms with Crippen molar-refractivity contribution in [1.29, 1.82) is 0 Å². The van der Waals surface area contributed by atoms with Crippen LogP contribution < -0.4 is 9.64 Å². The Morgan fingerprint density at radius 2 is 1.83 bits per heavy atom. The number of piperazine rings is 1. The molecule has 0 saturated carbocycles. The Balaban J connectivity index is 1.90. The van der Waals surface area contributed by atoms with Crippen LogP contribution in [0, 0.1) is 5.82 Å². The van der Waals surface area contributed by atoms with Crippen LogP contribution in [0.5, 0.6) is 5.75 Å². The molecule has 3 rings (SSSR count). The third-order valence-electron chi connectivity index (χ3n) is 5.47. The molecule has 1 aliphatic heterocycles. The number of ketones is 1. The monoisotopic (exact) mass is 413 g/mol. The highest BCUT2D eigenvalue weighted by molar-refractivity contribution is 5.94. The van der Waals surface area contributed by atoms with Crippen molar-refractivity contribution in [2.24, 2.45) is 0 Å². The van der Waals surface area contributed by atoms with Crippen LogP contribution in [0.2, 0.25) is 0 Å². The Kier molecular flexibility index (Phi) is 7.05. The smallest absolute Gasteiger partial charge is 0.324 e. The van der Waals surface area contributed by atoms with E-state index in [-0.39, 0.29) is 18.4 Å². The minimum absolute atomic E-state index is 0.0595. The molecule has 2 aromatic rings. The van der Waals surface area contributed by atoms with Crippen molar-refractivity contribution < 1.29 is 18.7 Å². The van der Waals surface area contributed by atoms with Crippen LogP contribution in [0.4, 0.5) is 14.9 Å². The van der Waals surface area contributed by atoms with E-state index in [9.17, 15) is 14.0 Å². The molecular formula is C23H28FN3O3. The van der Waals surface area contributed by atoms with Gasteiger partial charge < -0.3 is 14.5 Å². The number of benzene rings is 2. The maximum Gasteiger partial charge on any atom is 0.324 e. The average molecular weight is 413 g/mol. The van der Waals surface area contributed by atoms with Crippen LogP contribution in [0.25, 0.3) is 0 Å². The molecule has 0 radical (unpaired) electrons. The zero-order valence-corrected chi connectivity index (χ0v) is 17.7. The largest absolute Gasteiger partial charge is 0.497 e. The van der Waals surface area contributed by atoms with Crippen LogP contribution in [-0.2, 0) is 6.54 Å². The number of carbonyl (C=O) groups is 2. The second-order valence-electron chi connectivity index (χ2n) is 7.35. The number of hydrogen-bond acceptors (Lipinski definition) is 4. The molecule has 6 nitrogen and oxygen atoms in total. The molecule has 30 heavy (non-hydrogen) atoms. The summed E-state index contributed by atoms with van der Waals surface area (Å²) in [5, 5.41) is 0. The minimum atomic E-state index is -0.501. The van der Waals surface area contributed by atoms with Crippen molar-refractivity contribution in [2.45, 2.75) is 20.4 Å². The first-order valence-corrected chi connectivity index (χ1v) is 10.1. The summed E-state index contributed by atoms with van der Waals surface area (Å²) in [6.07, 6.45) is 0. The van der Waals surface area contributed by atoms with Gasteiger partial charge in [0.05, 0.1) is 13.7 Å². The molecule has 1 heterocycles. The second-order valence-corrected chi connectivity index (χ2v) is 7.35. The Labute approximate surface area is 176 Å². The summed E-state index contributed by atoms with van der Waals surface area (Å²) >= 11 is 0. The molecule has 2 amide bonds. The fourth-order valence-electron chi connectivity index (χ4n) is 3.54. The molecule has 0 atom stereocenters. The normalized spacial score (nSPS) is 14.5. The molecule has 2 aromatic carbocycles. The van der Waals surface area contributed by atoms with Crippen LogP contribution in [0.3, 0.4) is 0 Å². The van der Waals surface area contributed by atoms with Gasteiger partial charge >= 0.3 is 6.03 Å². The van der Waals surface area contributed by atoms with E-state index in [1.54, 1.807) is 47.2 Å². The number of carbonyl (C=O) groups excluding carboxylic acids is 2. The van der Waals surface area contributed by atoms with E-state index < -0.39 is 5.82 Å². The number of halogens is 1. The summed E-state index contributed by atoms with van der Waals surface area (Å²) < 4.78 is 20.0. The molecule has 0 aromatic heterocycles. The third kappa shape index (κ3) is 4.97. The zero-order chi connectivity index (χ0) is 21.7. The Morgan fingerprint density at radius 3 is 2.43 bits per heavy atom. The van der Waals surface area contributed by atoms with Gasteiger partial charge in [0.25, 0.3) is 0 Å². The molecular weight excluding hydrogens is 385 g/mol. The van der Waals surface area contributed by atoms with Crippen LogP contribution in [0.15, 0.2) is 42.5 Å². The van der Waals surface area contributed by atoms with Crippen molar-refractivity contribution in [3.63, 3.8) is 0 Å². The summed E-state index contributed by atoms with van der Waals surface area (Å²) in [7, 11) is 1.56. The highest BCUT2D eigenvalue weighted by atomic mass is 19.1.